The Morgan fingerprint density at radius 3 is 2.31 bits per heavy atom. The summed E-state index contributed by atoms with van der Waals surface area (Å²) in [5.41, 5.74) is 2.21. The molecule has 1 aliphatic heterocycles. The van der Waals surface area contributed by atoms with Crippen molar-refractivity contribution in [1.82, 2.24) is 19.5 Å². The zero-order chi connectivity index (χ0) is 31.6. The van der Waals surface area contributed by atoms with E-state index in [4.69, 9.17) is 21.1 Å². The van der Waals surface area contributed by atoms with Crippen LogP contribution in [0.5, 0.6) is 5.75 Å². The van der Waals surface area contributed by atoms with Crippen LogP contribution in [0.25, 0.3) is 0 Å². The molecule has 4 aromatic rings. The predicted molar refractivity (Wildman–Crippen MR) is 169 cm³/mol. The molecule has 1 saturated heterocycles. The lowest BCUT2D eigenvalue weighted by molar-refractivity contribution is -0.143. The van der Waals surface area contributed by atoms with Crippen LogP contribution in [0, 0.1) is 0 Å². The number of nitrogens with zero attached hydrogens (tertiary/aromatic N) is 3. The summed E-state index contributed by atoms with van der Waals surface area (Å²) in [6.45, 7) is 1.22. The van der Waals surface area contributed by atoms with Crippen LogP contribution in [0.4, 0.5) is 0 Å². The van der Waals surface area contributed by atoms with Crippen LogP contribution in [0.3, 0.4) is 0 Å². The number of rotatable bonds is 12. The van der Waals surface area contributed by atoms with Crippen molar-refractivity contribution in [3.05, 3.63) is 125 Å². The fourth-order valence-electron chi connectivity index (χ4n) is 4.88. The van der Waals surface area contributed by atoms with E-state index in [9.17, 15) is 18.0 Å². The zero-order valence-electron chi connectivity index (χ0n) is 24.4. The largest absolute Gasteiger partial charge is 0.484 e. The van der Waals surface area contributed by atoms with Crippen molar-refractivity contribution in [1.29, 1.82) is 0 Å². The number of carbonyl (C=O) groups is 2. The fraction of sp³-hybridized carbons (Fsp3) is 0.242. The maximum atomic E-state index is 13.9. The van der Waals surface area contributed by atoms with E-state index in [-0.39, 0.29) is 43.6 Å². The van der Waals surface area contributed by atoms with Gasteiger partial charge in [-0.15, -0.1) is 0 Å². The molecule has 1 N–H and O–H groups in total. The molecule has 1 aliphatic rings. The summed E-state index contributed by atoms with van der Waals surface area (Å²) in [5.74, 6) is -0.501. The number of amides is 2. The lowest BCUT2D eigenvalue weighted by atomic mass is 10.0. The summed E-state index contributed by atoms with van der Waals surface area (Å²) in [6.07, 6.45) is 3.32. The van der Waals surface area contributed by atoms with Crippen molar-refractivity contribution < 1.29 is 27.5 Å². The van der Waals surface area contributed by atoms with E-state index < -0.39 is 22.0 Å². The maximum Gasteiger partial charge on any atom is 0.261 e. The van der Waals surface area contributed by atoms with Gasteiger partial charge in [-0.25, -0.2) is 8.42 Å². The molecule has 2 heterocycles. The van der Waals surface area contributed by atoms with E-state index in [1.807, 2.05) is 24.3 Å². The first-order chi connectivity index (χ1) is 21.8. The first-order valence-electron chi connectivity index (χ1n) is 14.4. The molecule has 12 heteroatoms. The Morgan fingerprint density at radius 1 is 0.933 bits per heavy atom. The zero-order valence-corrected chi connectivity index (χ0v) is 26.0. The Labute approximate surface area is 267 Å². The third-order valence-corrected chi connectivity index (χ3v) is 9.41. The van der Waals surface area contributed by atoms with Gasteiger partial charge in [0.05, 0.1) is 18.1 Å². The highest BCUT2D eigenvalue weighted by Gasteiger charge is 2.32. The highest BCUT2D eigenvalue weighted by atomic mass is 35.5. The van der Waals surface area contributed by atoms with Gasteiger partial charge < -0.3 is 19.7 Å². The summed E-state index contributed by atoms with van der Waals surface area (Å²) >= 11 is 6.10. The summed E-state index contributed by atoms with van der Waals surface area (Å²) in [6, 6.07) is 24.7. The molecule has 0 aliphatic carbocycles. The van der Waals surface area contributed by atoms with E-state index in [2.05, 4.69) is 10.3 Å². The van der Waals surface area contributed by atoms with Crippen molar-refractivity contribution in [2.75, 3.05) is 32.9 Å². The standard InChI is InChI=1S/C33H33ClN4O6S/c34-28-10-8-25(9-11-28)23-38(32(27-6-2-1-3-7-27)33(40)36-22-26-5-4-16-35-21-26)31(39)24-44-29-12-14-30(15-13-29)45(41,42)37-17-19-43-20-18-37/h1-16,21,32H,17-20,22-24H2,(H,36,40)/t32-/m0/s1. The quantitative estimate of drug-likeness (QED) is 0.244. The minimum Gasteiger partial charge on any atom is -0.484 e. The molecule has 1 fully saturated rings. The number of carbonyl (C=O) groups excluding carboxylic acids is 2. The number of morpholine rings is 1. The molecule has 0 bridgehead atoms. The van der Waals surface area contributed by atoms with Gasteiger partial charge in [0.2, 0.25) is 15.9 Å². The van der Waals surface area contributed by atoms with Gasteiger partial charge in [-0.2, -0.15) is 4.31 Å². The van der Waals surface area contributed by atoms with Crippen LogP contribution in [0.1, 0.15) is 22.7 Å². The Bertz CT molecular complexity index is 1670. The van der Waals surface area contributed by atoms with Crippen LogP contribution in [-0.2, 0) is 37.4 Å². The average Bonchev–Trinajstić information content (AvgIpc) is 3.08. The van der Waals surface area contributed by atoms with Crippen LogP contribution in [0.15, 0.2) is 108 Å². The summed E-state index contributed by atoms with van der Waals surface area (Å²) in [7, 11) is -3.67. The molecule has 0 saturated carbocycles. The maximum absolute atomic E-state index is 13.9. The smallest absolute Gasteiger partial charge is 0.261 e. The number of halogens is 1. The molecule has 3 aromatic carbocycles. The summed E-state index contributed by atoms with van der Waals surface area (Å²) in [4.78, 5) is 33.4. The highest BCUT2D eigenvalue weighted by molar-refractivity contribution is 7.89. The molecule has 10 nitrogen and oxygen atoms in total. The van der Waals surface area contributed by atoms with E-state index >= 15 is 0 Å². The minimum atomic E-state index is -3.67. The Balaban J connectivity index is 1.36. The van der Waals surface area contributed by atoms with Crippen molar-refractivity contribution in [3.63, 3.8) is 0 Å². The number of hydrogen-bond acceptors (Lipinski definition) is 7. The Hall–Kier alpha value is -4.29. The van der Waals surface area contributed by atoms with Gasteiger partial charge in [0.25, 0.3) is 5.91 Å². The van der Waals surface area contributed by atoms with Crippen molar-refractivity contribution in [2.24, 2.45) is 0 Å². The second-order valence-corrected chi connectivity index (χ2v) is 12.7. The molecule has 2 amide bonds. The van der Waals surface area contributed by atoms with Crippen LogP contribution in [0.2, 0.25) is 5.02 Å². The van der Waals surface area contributed by atoms with Gasteiger partial charge in [0.15, 0.2) is 6.61 Å². The van der Waals surface area contributed by atoms with Gasteiger partial charge in [-0.1, -0.05) is 60.1 Å². The number of aromatic nitrogens is 1. The molecule has 5 rings (SSSR count). The highest BCUT2D eigenvalue weighted by Crippen LogP contribution is 2.26. The van der Waals surface area contributed by atoms with Crippen LogP contribution >= 0.6 is 11.6 Å². The molecular weight excluding hydrogens is 616 g/mol. The third kappa shape index (κ3) is 8.46. The molecule has 1 aromatic heterocycles. The lowest BCUT2D eigenvalue weighted by Gasteiger charge is -2.31. The Kier molecular flexibility index (Phi) is 10.8. The molecule has 45 heavy (non-hydrogen) atoms. The monoisotopic (exact) mass is 648 g/mol. The predicted octanol–water partition coefficient (Wildman–Crippen LogP) is 4.22. The van der Waals surface area contributed by atoms with E-state index in [1.165, 1.54) is 33.5 Å². The van der Waals surface area contributed by atoms with Crippen LogP contribution in [-0.4, -0.2) is 67.3 Å². The van der Waals surface area contributed by atoms with Crippen molar-refractivity contribution >= 4 is 33.4 Å². The minimum absolute atomic E-state index is 0.107. The third-order valence-electron chi connectivity index (χ3n) is 7.25. The fourth-order valence-corrected chi connectivity index (χ4v) is 6.41. The molecule has 234 valence electrons. The van der Waals surface area contributed by atoms with E-state index in [0.29, 0.717) is 29.5 Å². The number of benzene rings is 3. The second kappa shape index (κ2) is 15.1. The summed E-state index contributed by atoms with van der Waals surface area (Å²) in [5, 5.41) is 3.49. The molecule has 0 spiro atoms. The summed E-state index contributed by atoms with van der Waals surface area (Å²) < 4.78 is 38.4. The van der Waals surface area contributed by atoms with Gasteiger partial charge in [0.1, 0.15) is 11.8 Å². The van der Waals surface area contributed by atoms with Gasteiger partial charge >= 0.3 is 0 Å². The number of hydrogen-bond donors (Lipinski definition) is 1. The van der Waals surface area contributed by atoms with E-state index in [1.54, 1.807) is 54.9 Å². The second-order valence-electron chi connectivity index (χ2n) is 10.3. The number of pyridine rings is 1. The molecule has 0 radical (unpaired) electrons. The average molecular weight is 649 g/mol. The van der Waals surface area contributed by atoms with Crippen molar-refractivity contribution in [3.8, 4) is 5.75 Å². The lowest BCUT2D eigenvalue weighted by Crippen LogP contribution is -2.45. The first-order valence-corrected chi connectivity index (χ1v) is 16.2. The van der Waals surface area contributed by atoms with Gasteiger partial charge in [0, 0.05) is 43.6 Å². The topological polar surface area (TPSA) is 118 Å². The van der Waals surface area contributed by atoms with Crippen molar-refractivity contribution in [2.45, 2.75) is 24.0 Å². The van der Waals surface area contributed by atoms with E-state index in [0.717, 1.165) is 11.1 Å². The number of ether oxygens (including phenoxy) is 2. The SMILES string of the molecule is O=C(NCc1cccnc1)[C@H](c1ccccc1)N(Cc1ccc(Cl)cc1)C(=O)COc1ccc(S(=O)(=O)N2CCOCC2)cc1. The molecular formula is C33H33ClN4O6S. The Morgan fingerprint density at radius 2 is 1.64 bits per heavy atom. The number of nitrogens with one attached hydrogen (secondary N) is 1. The molecule has 1 atom stereocenters. The van der Waals surface area contributed by atoms with Gasteiger partial charge in [-0.05, 0) is 59.2 Å². The molecule has 0 unspecified atom stereocenters. The van der Waals surface area contributed by atoms with Gasteiger partial charge in [-0.3, -0.25) is 14.6 Å². The number of sulfonamides is 1. The first kappa shape index (κ1) is 32.1. The normalized spacial score (nSPS) is 14.3. The van der Waals surface area contributed by atoms with Crippen LogP contribution < -0.4 is 10.1 Å².